The molecule has 0 unspecified atom stereocenters. The van der Waals surface area contributed by atoms with Gasteiger partial charge in [0.05, 0.1) is 30.8 Å². The first-order valence-electron chi connectivity index (χ1n) is 7.53. The summed E-state index contributed by atoms with van der Waals surface area (Å²) in [6.45, 7) is 13.7. The molecule has 0 amide bonds. The Morgan fingerprint density at radius 3 is 2.24 bits per heavy atom. The van der Waals surface area contributed by atoms with Gasteiger partial charge in [-0.25, -0.2) is 0 Å². The van der Waals surface area contributed by atoms with Crippen LogP contribution in [0.5, 0.6) is 0 Å². The van der Waals surface area contributed by atoms with E-state index in [1.54, 1.807) is 0 Å². The van der Waals surface area contributed by atoms with Crippen LogP contribution >= 0.6 is 0 Å². The van der Waals surface area contributed by atoms with Gasteiger partial charge in [0.1, 0.15) is 0 Å². The van der Waals surface area contributed by atoms with Crippen molar-refractivity contribution in [3.05, 3.63) is 30.6 Å². The summed E-state index contributed by atoms with van der Waals surface area (Å²) in [5.74, 6) is 0. The van der Waals surface area contributed by atoms with Gasteiger partial charge in [0.25, 0.3) is 0 Å². The Labute approximate surface area is 129 Å². The number of hydrogen-bond acceptors (Lipinski definition) is 4. The fourth-order valence-electron chi connectivity index (χ4n) is 1.65. The molecule has 21 heavy (non-hydrogen) atoms. The Morgan fingerprint density at radius 1 is 1.29 bits per heavy atom. The van der Waals surface area contributed by atoms with Gasteiger partial charge in [-0.2, -0.15) is 0 Å². The third kappa shape index (κ3) is 6.27. The average Bonchev–Trinajstić information content (AvgIpc) is 2.49. The minimum Gasteiger partial charge on any atom is -0.378 e. The number of hydrogen-bond donors (Lipinski definition) is 0. The van der Waals surface area contributed by atoms with Gasteiger partial charge in [0.15, 0.2) is 0 Å². The molecule has 0 spiro atoms. The number of morpholine rings is 1. The van der Waals surface area contributed by atoms with Crippen molar-refractivity contribution in [1.82, 2.24) is 9.88 Å². The lowest BCUT2D eigenvalue weighted by molar-refractivity contribution is 0.122. The minimum atomic E-state index is 0.685. The second-order valence-corrected chi connectivity index (χ2v) is 5.84. The zero-order valence-electron chi connectivity index (χ0n) is 14.1. The van der Waals surface area contributed by atoms with Crippen LogP contribution in [0.15, 0.2) is 24.9 Å². The highest BCUT2D eigenvalue weighted by molar-refractivity contribution is 5.59. The number of allylic oxidation sites excluding steroid dienone is 1. The molecule has 0 saturated carbocycles. The van der Waals surface area contributed by atoms with Crippen molar-refractivity contribution in [3.8, 4) is 0 Å². The van der Waals surface area contributed by atoms with E-state index in [1.165, 1.54) is 5.69 Å². The maximum absolute atomic E-state index is 5.31. The molecule has 1 aliphatic rings. The Balaban J connectivity index is 0.000000315. The van der Waals surface area contributed by atoms with Gasteiger partial charge in [-0.3, -0.25) is 4.98 Å². The van der Waals surface area contributed by atoms with Crippen LogP contribution in [0.4, 0.5) is 5.69 Å². The quantitative estimate of drug-likeness (QED) is 0.856. The molecular weight excluding hydrogens is 262 g/mol. The summed E-state index contributed by atoms with van der Waals surface area (Å²) in [5, 5.41) is 0. The standard InChI is InChI=1S/C12H16N2O.C5H13N/c1-10(2)12-4-3-11(9-13-12)14-5-7-15-8-6-14;1-5(2)6(3)4/h3-4,9H,1,5-8H2,2H3;5H,1-4H3. The lowest BCUT2D eigenvalue weighted by Crippen LogP contribution is -2.36. The lowest BCUT2D eigenvalue weighted by Gasteiger charge is -2.28. The van der Waals surface area contributed by atoms with Crippen molar-refractivity contribution in [2.75, 3.05) is 45.3 Å². The predicted octanol–water partition coefficient (Wildman–Crippen LogP) is 2.91. The first-order valence-corrected chi connectivity index (χ1v) is 7.53. The summed E-state index contributed by atoms with van der Waals surface area (Å²) in [6, 6.07) is 4.81. The van der Waals surface area contributed by atoms with Gasteiger partial charge in [-0.05, 0) is 52.6 Å². The zero-order chi connectivity index (χ0) is 15.8. The van der Waals surface area contributed by atoms with Crippen molar-refractivity contribution < 1.29 is 4.74 Å². The van der Waals surface area contributed by atoms with Crippen LogP contribution in [0.3, 0.4) is 0 Å². The molecule has 0 bridgehead atoms. The fraction of sp³-hybridized carbons (Fsp3) is 0.588. The highest BCUT2D eigenvalue weighted by Gasteiger charge is 2.11. The molecule has 2 rings (SSSR count). The molecule has 0 aromatic carbocycles. The van der Waals surface area contributed by atoms with Crippen LogP contribution in [-0.2, 0) is 4.74 Å². The summed E-state index contributed by atoms with van der Waals surface area (Å²) in [7, 11) is 4.15. The largest absolute Gasteiger partial charge is 0.378 e. The van der Waals surface area contributed by atoms with E-state index >= 15 is 0 Å². The number of ether oxygens (including phenoxy) is 1. The summed E-state index contributed by atoms with van der Waals surface area (Å²) in [5.41, 5.74) is 3.14. The average molecular weight is 291 g/mol. The molecule has 1 aliphatic heterocycles. The van der Waals surface area contributed by atoms with Crippen LogP contribution in [0.25, 0.3) is 5.57 Å². The van der Waals surface area contributed by atoms with Crippen molar-refractivity contribution in [3.63, 3.8) is 0 Å². The molecule has 118 valence electrons. The van der Waals surface area contributed by atoms with Crippen LogP contribution in [0.2, 0.25) is 0 Å². The number of pyridine rings is 1. The molecule has 0 N–H and O–H groups in total. The lowest BCUT2D eigenvalue weighted by atomic mass is 10.2. The van der Waals surface area contributed by atoms with E-state index < -0.39 is 0 Å². The Bertz CT molecular complexity index is 414. The second-order valence-electron chi connectivity index (χ2n) is 5.84. The SMILES string of the molecule is C=C(C)c1ccc(N2CCOCC2)cn1.CC(C)N(C)C. The normalized spacial score (nSPS) is 14.9. The Hall–Kier alpha value is -1.39. The smallest absolute Gasteiger partial charge is 0.0654 e. The maximum Gasteiger partial charge on any atom is 0.0654 e. The van der Waals surface area contributed by atoms with Crippen molar-refractivity contribution in [1.29, 1.82) is 0 Å². The van der Waals surface area contributed by atoms with E-state index in [9.17, 15) is 0 Å². The van der Waals surface area contributed by atoms with Crippen LogP contribution in [0.1, 0.15) is 26.5 Å². The van der Waals surface area contributed by atoms with Crippen molar-refractivity contribution >= 4 is 11.3 Å². The van der Waals surface area contributed by atoms with Gasteiger partial charge in [-0.1, -0.05) is 6.58 Å². The Morgan fingerprint density at radius 2 is 1.86 bits per heavy atom. The number of nitrogens with zero attached hydrogens (tertiary/aromatic N) is 3. The molecule has 0 aliphatic carbocycles. The molecule has 1 fully saturated rings. The number of rotatable bonds is 3. The third-order valence-electron chi connectivity index (χ3n) is 3.59. The second kappa shape index (κ2) is 8.80. The third-order valence-corrected chi connectivity index (χ3v) is 3.59. The van der Waals surface area contributed by atoms with E-state index in [2.05, 4.69) is 55.4 Å². The van der Waals surface area contributed by atoms with Gasteiger partial charge >= 0.3 is 0 Å². The Kier molecular flexibility index (Phi) is 7.40. The zero-order valence-corrected chi connectivity index (χ0v) is 14.1. The number of anilines is 1. The van der Waals surface area contributed by atoms with Crippen molar-refractivity contribution in [2.45, 2.75) is 26.8 Å². The van der Waals surface area contributed by atoms with Crippen LogP contribution in [0, 0.1) is 0 Å². The molecule has 1 saturated heterocycles. The monoisotopic (exact) mass is 291 g/mol. The highest BCUT2D eigenvalue weighted by atomic mass is 16.5. The van der Waals surface area contributed by atoms with E-state index in [4.69, 9.17) is 4.74 Å². The minimum absolute atomic E-state index is 0.685. The number of aromatic nitrogens is 1. The van der Waals surface area contributed by atoms with Crippen molar-refractivity contribution in [2.24, 2.45) is 0 Å². The van der Waals surface area contributed by atoms with E-state index in [1.807, 2.05) is 19.2 Å². The summed E-state index contributed by atoms with van der Waals surface area (Å²) < 4.78 is 5.31. The summed E-state index contributed by atoms with van der Waals surface area (Å²) >= 11 is 0. The van der Waals surface area contributed by atoms with E-state index in [0.29, 0.717) is 6.04 Å². The topological polar surface area (TPSA) is 28.6 Å². The fourth-order valence-corrected chi connectivity index (χ4v) is 1.65. The first kappa shape index (κ1) is 17.7. The molecule has 1 aromatic heterocycles. The first-order chi connectivity index (χ1) is 9.91. The molecule has 2 heterocycles. The van der Waals surface area contributed by atoms with Gasteiger partial charge < -0.3 is 14.5 Å². The molecular formula is C17H29N3O. The molecule has 4 heteroatoms. The maximum atomic E-state index is 5.31. The molecule has 0 atom stereocenters. The van der Waals surface area contributed by atoms with Gasteiger partial charge in [0.2, 0.25) is 0 Å². The molecule has 1 aromatic rings. The van der Waals surface area contributed by atoms with Gasteiger partial charge in [0, 0.05) is 19.1 Å². The van der Waals surface area contributed by atoms with Crippen LogP contribution < -0.4 is 4.90 Å². The van der Waals surface area contributed by atoms with E-state index in [-0.39, 0.29) is 0 Å². The summed E-state index contributed by atoms with van der Waals surface area (Å²) in [6.07, 6.45) is 1.91. The van der Waals surface area contributed by atoms with Crippen LogP contribution in [-0.4, -0.2) is 56.3 Å². The summed E-state index contributed by atoms with van der Waals surface area (Å²) in [4.78, 5) is 8.83. The molecule has 0 radical (unpaired) electrons. The predicted molar refractivity (Wildman–Crippen MR) is 90.8 cm³/mol. The molecule has 4 nitrogen and oxygen atoms in total. The van der Waals surface area contributed by atoms with Gasteiger partial charge in [-0.15, -0.1) is 0 Å². The van der Waals surface area contributed by atoms with E-state index in [0.717, 1.165) is 37.6 Å². The highest BCUT2D eigenvalue weighted by Crippen LogP contribution is 2.16.